The number of hydrogen-bond donors (Lipinski definition) is 2. The first-order chi connectivity index (χ1) is 5.54. The van der Waals surface area contributed by atoms with E-state index in [1.54, 1.807) is 0 Å². The Bertz CT molecular complexity index is 346. The van der Waals surface area contributed by atoms with Crippen LogP contribution in [0, 0.1) is 6.92 Å². The van der Waals surface area contributed by atoms with Crippen molar-refractivity contribution in [3.05, 3.63) is 27.7 Å². The average molecular weight is 175 g/mol. The molecule has 0 amide bonds. The third-order valence-electron chi connectivity index (χ3n) is 1.60. The van der Waals surface area contributed by atoms with Gasteiger partial charge in [0.05, 0.1) is 0 Å². The maximum atomic E-state index is 12.1. The Morgan fingerprint density at radius 3 is 2.67 bits per heavy atom. The molecule has 0 aliphatic heterocycles. The second-order valence-corrected chi connectivity index (χ2v) is 2.35. The van der Waals surface area contributed by atoms with Gasteiger partial charge in [0.25, 0.3) is 12.0 Å². The molecule has 0 atom stereocenters. The number of rotatable bonds is 1. The Labute approximate surface area is 66.7 Å². The molecule has 2 N–H and O–H groups in total. The summed E-state index contributed by atoms with van der Waals surface area (Å²) in [7, 11) is 0. The van der Waals surface area contributed by atoms with Crippen molar-refractivity contribution in [2.45, 2.75) is 13.3 Å². The van der Waals surface area contributed by atoms with Crippen LogP contribution in [0.2, 0.25) is 0 Å². The lowest BCUT2D eigenvalue weighted by molar-refractivity contribution is 0.149. The van der Waals surface area contributed by atoms with Gasteiger partial charge in [-0.1, -0.05) is 0 Å². The molecule has 1 aromatic heterocycles. The predicted molar refractivity (Wildman–Crippen MR) is 38.4 cm³/mol. The van der Waals surface area contributed by atoms with Crippen LogP contribution >= 0.6 is 0 Å². The highest BCUT2D eigenvalue weighted by Gasteiger charge is 2.14. The molecular weight excluding hydrogens is 168 g/mol. The minimum atomic E-state index is -2.69. The highest BCUT2D eigenvalue weighted by Crippen LogP contribution is 2.24. The zero-order valence-corrected chi connectivity index (χ0v) is 6.27. The highest BCUT2D eigenvalue weighted by molar-refractivity contribution is 5.35. The van der Waals surface area contributed by atoms with E-state index in [9.17, 15) is 13.6 Å². The SMILES string of the molecule is Cc1c(C(F)F)c[nH]c(=O)c1O. The Morgan fingerprint density at radius 1 is 1.58 bits per heavy atom. The van der Waals surface area contributed by atoms with E-state index in [1.807, 2.05) is 4.98 Å². The van der Waals surface area contributed by atoms with Gasteiger partial charge in [-0.25, -0.2) is 8.78 Å². The van der Waals surface area contributed by atoms with Crippen LogP contribution in [-0.4, -0.2) is 10.1 Å². The van der Waals surface area contributed by atoms with Crippen molar-refractivity contribution in [2.75, 3.05) is 0 Å². The van der Waals surface area contributed by atoms with Crippen LogP contribution in [0.4, 0.5) is 8.78 Å². The zero-order valence-electron chi connectivity index (χ0n) is 6.27. The first kappa shape index (κ1) is 8.70. The summed E-state index contributed by atoms with van der Waals surface area (Å²) in [5.41, 5.74) is -1.18. The summed E-state index contributed by atoms with van der Waals surface area (Å²) in [4.78, 5) is 12.7. The third-order valence-corrected chi connectivity index (χ3v) is 1.60. The minimum absolute atomic E-state index is 0.0752. The molecule has 0 spiro atoms. The van der Waals surface area contributed by atoms with Gasteiger partial charge >= 0.3 is 0 Å². The van der Waals surface area contributed by atoms with Crippen molar-refractivity contribution in [1.82, 2.24) is 4.98 Å². The molecular formula is C7H7F2NO2. The van der Waals surface area contributed by atoms with E-state index in [0.29, 0.717) is 0 Å². The van der Waals surface area contributed by atoms with Crippen LogP contribution in [0.5, 0.6) is 5.75 Å². The van der Waals surface area contributed by atoms with Crippen molar-refractivity contribution >= 4 is 0 Å². The molecule has 1 aromatic rings. The van der Waals surface area contributed by atoms with Crippen LogP contribution in [0.3, 0.4) is 0 Å². The lowest BCUT2D eigenvalue weighted by atomic mass is 10.1. The van der Waals surface area contributed by atoms with Gasteiger partial charge in [0.2, 0.25) is 0 Å². The molecule has 0 bridgehead atoms. The van der Waals surface area contributed by atoms with Crippen molar-refractivity contribution in [2.24, 2.45) is 0 Å². The van der Waals surface area contributed by atoms with E-state index in [2.05, 4.69) is 0 Å². The fourth-order valence-electron chi connectivity index (χ4n) is 0.854. The van der Waals surface area contributed by atoms with E-state index in [-0.39, 0.29) is 11.1 Å². The van der Waals surface area contributed by atoms with Gasteiger partial charge in [0, 0.05) is 17.3 Å². The molecule has 3 nitrogen and oxygen atoms in total. The number of aromatic amines is 1. The molecule has 0 fully saturated rings. The lowest BCUT2D eigenvalue weighted by Crippen LogP contribution is -2.08. The smallest absolute Gasteiger partial charge is 0.290 e. The number of pyridine rings is 1. The first-order valence-corrected chi connectivity index (χ1v) is 3.23. The van der Waals surface area contributed by atoms with E-state index in [1.165, 1.54) is 6.92 Å². The largest absolute Gasteiger partial charge is 0.503 e. The topological polar surface area (TPSA) is 53.1 Å². The first-order valence-electron chi connectivity index (χ1n) is 3.23. The van der Waals surface area contributed by atoms with Crippen LogP contribution in [-0.2, 0) is 0 Å². The maximum Gasteiger partial charge on any atom is 0.290 e. The fraction of sp³-hybridized carbons (Fsp3) is 0.286. The standard InChI is InChI=1S/C7H7F2NO2/c1-3-4(6(8)9)2-10-7(12)5(3)11/h2,6,11H,1H3,(H,10,12). The highest BCUT2D eigenvalue weighted by atomic mass is 19.3. The van der Waals surface area contributed by atoms with E-state index in [0.717, 1.165) is 6.20 Å². The summed E-state index contributed by atoms with van der Waals surface area (Å²) < 4.78 is 24.2. The monoisotopic (exact) mass is 175 g/mol. The quantitative estimate of drug-likeness (QED) is 0.676. The van der Waals surface area contributed by atoms with Gasteiger partial charge < -0.3 is 10.1 Å². The number of aromatic nitrogens is 1. The molecule has 0 saturated heterocycles. The van der Waals surface area contributed by atoms with Gasteiger partial charge in [0.1, 0.15) is 0 Å². The van der Waals surface area contributed by atoms with Gasteiger partial charge in [-0.3, -0.25) is 4.79 Å². The number of nitrogens with one attached hydrogen (secondary N) is 1. The Balaban J connectivity index is 3.36. The van der Waals surface area contributed by atoms with Crippen LogP contribution < -0.4 is 5.56 Å². The molecule has 1 heterocycles. The number of alkyl halides is 2. The third kappa shape index (κ3) is 1.30. The second-order valence-electron chi connectivity index (χ2n) is 2.35. The van der Waals surface area contributed by atoms with Crippen LogP contribution in [0.1, 0.15) is 17.6 Å². The Morgan fingerprint density at radius 2 is 2.17 bits per heavy atom. The van der Waals surface area contributed by atoms with Crippen LogP contribution in [0.15, 0.2) is 11.0 Å². The summed E-state index contributed by atoms with van der Waals surface area (Å²) in [5, 5.41) is 8.96. The van der Waals surface area contributed by atoms with E-state index < -0.39 is 17.7 Å². The second kappa shape index (κ2) is 2.92. The van der Waals surface area contributed by atoms with Crippen molar-refractivity contribution < 1.29 is 13.9 Å². The number of aromatic hydroxyl groups is 1. The van der Waals surface area contributed by atoms with E-state index in [4.69, 9.17) is 5.11 Å². The molecule has 12 heavy (non-hydrogen) atoms. The normalized spacial score (nSPS) is 10.7. The maximum absolute atomic E-state index is 12.1. The molecule has 66 valence electrons. The molecule has 0 aromatic carbocycles. The summed E-state index contributed by atoms with van der Waals surface area (Å²) in [5.74, 6) is -0.646. The molecule has 0 aliphatic carbocycles. The van der Waals surface area contributed by atoms with Crippen molar-refractivity contribution in [3.8, 4) is 5.75 Å². The van der Waals surface area contributed by atoms with Gasteiger partial charge in [0.15, 0.2) is 5.75 Å². The fourth-order valence-corrected chi connectivity index (χ4v) is 0.854. The molecule has 5 heteroatoms. The van der Waals surface area contributed by atoms with Crippen molar-refractivity contribution in [1.29, 1.82) is 0 Å². The molecule has 0 radical (unpaired) electrons. The van der Waals surface area contributed by atoms with Crippen molar-refractivity contribution in [3.63, 3.8) is 0 Å². The summed E-state index contributed by atoms with van der Waals surface area (Å²) >= 11 is 0. The zero-order chi connectivity index (χ0) is 9.30. The summed E-state index contributed by atoms with van der Waals surface area (Å²) in [6, 6.07) is 0. The molecule has 0 aliphatic rings. The molecule has 1 rings (SSSR count). The van der Waals surface area contributed by atoms with Gasteiger partial charge in [-0.05, 0) is 6.92 Å². The predicted octanol–water partition coefficient (Wildman–Crippen LogP) is 1.33. The Hall–Kier alpha value is -1.39. The van der Waals surface area contributed by atoms with Crippen LogP contribution in [0.25, 0.3) is 0 Å². The average Bonchev–Trinajstić information content (AvgIpc) is 2.00. The molecule has 0 unspecified atom stereocenters. The van der Waals surface area contributed by atoms with Gasteiger partial charge in [-0.15, -0.1) is 0 Å². The van der Waals surface area contributed by atoms with Gasteiger partial charge in [-0.2, -0.15) is 0 Å². The van der Waals surface area contributed by atoms with E-state index >= 15 is 0 Å². The number of H-pyrrole nitrogens is 1. The summed E-state index contributed by atoms with van der Waals surface area (Å²) in [6.45, 7) is 1.27. The number of hydrogen-bond acceptors (Lipinski definition) is 2. The summed E-state index contributed by atoms with van der Waals surface area (Å²) in [6.07, 6.45) is -1.78. The lowest BCUT2D eigenvalue weighted by Gasteiger charge is -2.04. The molecule has 0 saturated carbocycles. The Kier molecular flexibility index (Phi) is 2.12. The number of halogens is 2. The minimum Gasteiger partial charge on any atom is -0.503 e.